The third kappa shape index (κ3) is 4.10. The van der Waals surface area contributed by atoms with Gasteiger partial charge in [0.15, 0.2) is 5.82 Å². The number of nitrogens with one attached hydrogen (secondary N) is 1. The van der Waals surface area contributed by atoms with E-state index in [2.05, 4.69) is 38.1 Å². The Hall–Kier alpha value is -3.30. The van der Waals surface area contributed by atoms with E-state index in [4.69, 9.17) is 0 Å². The third-order valence-electron chi connectivity index (χ3n) is 4.57. The quantitative estimate of drug-likeness (QED) is 0.627. The summed E-state index contributed by atoms with van der Waals surface area (Å²) in [5.41, 5.74) is 0.954. The summed E-state index contributed by atoms with van der Waals surface area (Å²) in [7, 11) is 1.75. The number of hydrogen-bond donors (Lipinski definition) is 1. The van der Waals surface area contributed by atoms with Crippen molar-refractivity contribution in [3.05, 3.63) is 35.7 Å². The van der Waals surface area contributed by atoms with Gasteiger partial charge in [-0.2, -0.15) is 5.26 Å². The summed E-state index contributed by atoms with van der Waals surface area (Å²) in [6.45, 7) is 4.35. The van der Waals surface area contributed by atoms with E-state index in [1.807, 2.05) is 0 Å². The van der Waals surface area contributed by atoms with Gasteiger partial charge in [0.05, 0.1) is 11.8 Å². The standard InChI is InChI=1S/C20H18F3N5O/c1-4-9-28(3)17-13(2)16(26-18(27-17)19(10-24)11-25-12-19)14-5-7-15(8-6-14)29-20(21,22)23/h5-8,25H,11-12H2,1-3H3. The van der Waals surface area contributed by atoms with E-state index in [0.29, 0.717) is 41.6 Å². The van der Waals surface area contributed by atoms with Gasteiger partial charge in [-0.1, -0.05) is 5.92 Å². The van der Waals surface area contributed by atoms with Crippen molar-refractivity contribution in [1.29, 1.82) is 5.26 Å². The molecule has 1 aromatic heterocycles. The first-order valence-corrected chi connectivity index (χ1v) is 8.72. The molecule has 29 heavy (non-hydrogen) atoms. The minimum atomic E-state index is -4.76. The molecule has 0 bridgehead atoms. The van der Waals surface area contributed by atoms with Crippen LogP contribution in [0.5, 0.6) is 5.75 Å². The van der Waals surface area contributed by atoms with E-state index in [1.165, 1.54) is 24.3 Å². The number of nitrogens with zero attached hydrogens (tertiary/aromatic N) is 4. The average Bonchev–Trinajstić information content (AvgIpc) is 2.62. The Morgan fingerprint density at radius 3 is 2.34 bits per heavy atom. The zero-order valence-electron chi connectivity index (χ0n) is 16.1. The normalized spacial score (nSPS) is 14.8. The van der Waals surface area contributed by atoms with Crippen LogP contribution in [0, 0.1) is 30.2 Å². The maximum Gasteiger partial charge on any atom is 0.573 e. The second kappa shape index (κ2) is 7.61. The van der Waals surface area contributed by atoms with E-state index < -0.39 is 11.8 Å². The highest BCUT2D eigenvalue weighted by Crippen LogP contribution is 2.34. The number of nitriles is 1. The fourth-order valence-corrected chi connectivity index (χ4v) is 3.02. The molecule has 9 heteroatoms. The van der Waals surface area contributed by atoms with Crippen LogP contribution in [0.3, 0.4) is 0 Å². The average molecular weight is 401 g/mol. The summed E-state index contributed by atoms with van der Waals surface area (Å²) in [5, 5.41) is 12.7. The van der Waals surface area contributed by atoms with Crippen LogP contribution >= 0.6 is 0 Å². The first-order valence-electron chi connectivity index (χ1n) is 8.72. The molecule has 1 aliphatic heterocycles. The van der Waals surface area contributed by atoms with Crippen molar-refractivity contribution in [2.45, 2.75) is 25.6 Å². The Morgan fingerprint density at radius 1 is 1.21 bits per heavy atom. The molecule has 1 N–H and O–H groups in total. The van der Waals surface area contributed by atoms with Crippen molar-refractivity contribution in [2.75, 3.05) is 25.0 Å². The van der Waals surface area contributed by atoms with E-state index in [1.54, 1.807) is 25.8 Å². The summed E-state index contributed by atoms with van der Waals surface area (Å²) < 4.78 is 41.2. The molecule has 2 heterocycles. The highest BCUT2D eigenvalue weighted by molar-refractivity contribution is 5.70. The van der Waals surface area contributed by atoms with Gasteiger partial charge in [0.1, 0.15) is 17.0 Å². The lowest BCUT2D eigenvalue weighted by molar-refractivity contribution is -0.274. The molecule has 1 aliphatic rings. The highest BCUT2D eigenvalue weighted by atomic mass is 19.4. The Kier molecular flexibility index (Phi) is 5.36. The number of rotatable bonds is 4. The van der Waals surface area contributed by atoms with Crippen LogP contribution < -0.4 is 15.0 Å². The number of aromatic nitrogens is 2. The largest absolute Gasteiger partial charge is 0.573 e. The van der Waals surface area contributed by atoms with Gasteiger partial charge in [-0.25, -0.2) is 9.97 Å². The van der Waals surface area contributed by atoms with Gasteiger partial charge in [-0.05, 0) is 38.1 Å². The number of anilines is 1. The van der Waals surface area contributed by atoms with Crippen LogP contribution in [0.2, 0.25) is 0 Å². The van der Waals surface area contributed by atoms with E-state index in [-0.39, 0.29) is 5.75 Å². The SMILES string of the molecule is CC#CN(C)c1nc(C2(C#N)CNC2)nc(-c2ccc(OC(F)(F)F)cc2)c1C. The Morgan fingerprint density at radius 2 is 1.86 bits per heavy atom. The lowest BCUT2D eigenvalue weighted by Crippen LogP contribution is -2.56. The second-order valence-electron chi connectivity index (χ2n) is 6.63. The van der Waals surface area contributed by atoms with Gasteiger partial charge >= 0.3 is 6.36 Å². The molecule has 0 spiro atoms. The fraction of sp³-hybridized carbons (Fsp3) is 0.350. The Balaban J connectivity index is 2.11. The number of alkyl halides is 3. The summed E-state index contributed by atoms with van der Waals surface area (Å²) in [4.78, 5) is 10.8. The molecule has 3 rings (SSSR count). The molecule has 0 radical (unpaired) electrons. The smallest absolute Gasteiger partial charge is 0.406 e. The zero-order chi connectivity index (χ0) is 21.2. The van der Waals surface area contributed by atoms with Gasteiger partial charge in [0.25, 0.3) is 0 Å². The van der Waals surface area contributed by atoms with Crippen molar-refractivity contribution in [3.8, 4) is 35.0 Å². The minimum Gasteiger partial charge on any atom is -0.406 e. The maximum atomic E-state index is 12.4. The van der Waals surface area contributed by atoms with Gasteiger partial charge in [-0.3, -0.25) is 4.90 Å². The monoisotopic (exact) mass is 401 g/mol. The van der Waals surface area contributed by atoms with Crippen LogP contribution in [-0.2, 0) is 5.41 Å². The van der Waals surface area contributed by atoms with Crippen molar-refractivity contribution in [3.63, 3.8) is 0 Å². The Bertz CT molecular complexity index is 1010. The van der Waals surface area contributed by atoms with Gasteiger partial charge in [0.2, 0.25) is 0 Å². The first-order chi connectivity index (χ1) is 13.7. The number of benzene rings is 1. The summed E-state index contributed by atoms with van der Waals surface area (Å²) in [6.07, 6.45) is -4.76. The second-order valence-corrected chi connectivity index (χ2v) is 6.63. The van der Waals surface area contributed by atoms with Gasteiger partial charge in [0, 0.05) is 37.3 Å². The minimum absolute atomic E-state index is 0.320. The lowest BCUT2D eigenvalue weighted by atomic mass is 9.82. The van der Waals surface area contributed by atoms with Crippen LogP contribution in [0.4, 0.5) is 19.0 Å². The molecule has 150 valence electrons. The van der Waals surface area contributed by atoms with Gasteiger partial charge < -0.3 is 10.1 Å². The van der Waals surface area contributed by atoms with Crippen molar-refractivity contribution in [1.82, 2.24) is 15.3 Å². The fourth-order valence-electron chi connectivity index (χ4n) is 3.02. The molecule has 1 aromatic carbocycles. The van der Waals surface area contributed by atoms with Crippen LogP contribution in [-0.4, -0.2) is 36.5 Å². The summed E-state index contributed by atoms with van der Waals surface area (Å²) in [6, 6.07) is 10.6. The van der Waals surface area contributed by atoms with Gasteiger partial charge in [-0.15, -0.1) is 13.2 Å². The van der Waals surface area contributed by atoms with Crippen molar-refractivity contribution >= 4 is 5.82 Å². The number of halogens is 3. The van der Waals surface area contributed by atoms with E-state index in [0.717, 1.165) is 0 Å². The van der Waals surface area contributed by atoms with Crippen LogP contribution in [0.1, 0.15) is 18.3 Å². The molecule has 0 saturated carbocycles. The Labute approximate surface area is 166 Å². The molecular weight excluding hydrogens is 383 g/mol. The topological polar surface area (TPSA) is 74.1 Å². The first kappa shape index (κ1) is 20.4. The summed E-state index contributed by atoms with van der Waals surface area (Å²) in [5.74, 6) is 3.37. The molecule has 1 fully saturated rings. The lowest BCUT2D eigenvalue weighted by Gasteiger charge is -2.35. The molecule has 0 unspecified atom stereocenters. The molecular formula is C20H18F3N5O. The maximum absolute atomic E-state index is 12.4. The van der Waals surface area contributed by atoms with Crippen LogP contribution in [0.25, 0.3) is 11.3 Å². The predicted octanol–water partition coefficient (Wildman–Crippen LogP) is 3.13. The highest BCUT2D eigenvalue weighted by Gasteiger charge is 2.43. The predicted molar refractivity (Wildman–Crippen MR) is 101 cm³/mol. The summed E-state index contributed by atoms with van der Waals surface area (Å²) >= 11 is 0. The molecule has 0 amide bonds. The van der Waals surface area contributed by atoms with Crippen LogP contribution in [0.15, 0.2) is 24.3 Å². The number of ether oxygens (including phenoxy) is 1. The number of hydrogen-bond acceptors (Lipinski definition) is 6. The van der Waals surface area contributed by atoms with E-state index in [9.17, 15) is 18.4 Å². The third-order valence-corrected chi connectivity index (χ3v) is 4.57. The molecule has 0 atom stereocenters. The molecule has 2 aromatic rings. The van der Waals surface area contributed by atoms with E-state index >= 15 is 0 Å². The molecule has 6 nitrogen and oxygen atoms in total. The molecule has 0 aliphatic carbocycles. The zero-order valence-corrected chi connectivity index (χ0v) is 16.1. The van der Waals surface area contributed by atoms with Crippen molar-refractivity contribution in [2.24, 2.45) is 0 Å². The molecule has 1 saturated heterocycles. The van der Waals surface area contributed by atoms with Crippen molar-refractivity contribution < 1.29 is 17.9 Å².